The van der Waals surface area contributed by atoms with E-state index < -0.39 is 0 Å². The smallest absolute Gasteiger partial charge is 0.266 e. The van der Waals surface area contributed by atoms with Crippen molar-refractivity contribution in [2.24, 2.45) is 0 Å². The lowest BCUT2D eigenvalue weighted by Gasteiger charge is -2.34. The number of carbonyl (C=O) groups excluding carboxylic acids is 1. The molecule has 10 heteroatoms. The first-order valence-corrected chi connectivity index (χ1v) is 9.86. The highest BCUT2D eigenvalue weighted by molar-refractivity contribution is 6.34. The summed E-state index contributed by atoms with van der Waals surface area (Å²) in [6.07, 6.45) is 1.51. The third-order valence-corrected chi connectivity index (χ3v) is 5.16. The molecular formula is C20H16Cl2N4O4. The molecule has 2 aromatic heterocycles. The van der Waals surface area contributed by atoms with Crippen LogP contribution >= 0.6 is 23.2 Å². The Morgan fingerprint density at radius 2 is 2.03 bits per heavy atom. The Hall–Kier alpha value is -3.15. The minimum atomic E-state index is -0.167. The van der Waals surface area contributed by atoms with Crippen LogP contribution in [0.4, 0.5) is 5.88 Å². The molecule has 1 aliphatic heterocycles. The molecule has 1 saturated heterocycles. The number of oxazole rings is 1. The summed E-state index contributed by atoms with van der Waals surface area (Å²) >= 11 is 12.0. The second kappa shape index (κ2) is 8.69. The van der Waals surface area contributed by atoms with Gasteiger partial charge in [0, 0.05) is 37.3 Å². The molecule has 0 bridgehead atoms. The fourth-order valence-corrected chi connectivity index (χ4v) is 3.42. The number of furan rings is 1. The Bertz CT molecular complexity index is 1080. The van der Waals surface area contributed by atoms with Gasteiger partial charge in [0.1, 0.15) is 11.8 Å². The zero-order chi connectivity index (χ0) is 21.1. The Balaban J connectivity index is 1.36. The van der Waals surface area contributed by atoms with Crippen LogP contribution in [0.15, 0.2) is 45.4 Å². The van der Waals surface area contributed by atoms with E-state index in [-0.39, 0.29) is 24.1 Å². The van der Waals surface area contributed by atoms with Crippen molar-refractivity contribution in [2.75, 3.05) is 37.7 Å². The highest BCUT2D eigenvalue weighted by Gasteiger charge is 2.27. The summed E-state index contributed by atoms with van der Waals surface area (Å²) in [5, 5.41) is 10.3. The molecule has 1 aliphatic rings. The van der Waals surface area contributed by atoms with Crippen molar-refractivity contribution in [3.05, 3.63) is 52.3 Å². The number of aromatic nitrogens is 1. The topological polar surface area (TPSA) is 95.7 Å². The Morgan fingerprint density at radius 1 is 1.23 bits per heavy atom. The van der Waals surface area contributed by atoms with E-state index >= 15 is 0 Å². The molecule has 4 rings (SSSR count). The number of hydrogen-bond donors (Lipinski definition) is 0. The first kappa shape index (κ1) is 20.1. The molecule has 0 atom stereocenters. The zero-order valence-corrected chi connectivity index (χ0v) is 17.2. The molecule has 0 unspecified atom stereocenters. The minimum absolute atomic E-state index is 0.144. The van der Waals surface area contributed by atoms with Gasteiger partial charge in [-0.1, -0.05) is 23.2 Å². The van der Waals surface area contributed by atoms with Gasteiger partial charge in [-0.2, -0.15) is 10.2 Å². The Labute approximate surface area is 182 Å². The summed E-state index contributed by atoms with van der Waals surface area (Å²) in [7, 11) is 0. The molecule has 1 fully saturated rings. The Kier molecular flexibility index (Phi) is 5.84. The molecule has 8 nitrogen and oxygen atoms in total. The van der Waals surface area contributed by atoms with E-state index in [4.69, 9.17) is 36.8 Å². The lowest BCUT2D eigenvalue weighted by Crippen LogP contribution is -2.50. The number of piperazine rings is 1. The highest BCUT2D eigenvalue weighted by Crippen LogP contribution is 2.30. The van der Waals surface area contributed by atoms with E-state index in [0.717, 1.165) is 0 Å². The van der Waals surface area contributed by atoms with Gasteiger partial charge in [-0.3, -0.25) is 4.79 Å². The fraction of sp³-hybridized carbons (Fsp3) is 0.250. The molecule has 3 heterocycles. The largest absolute Gasteiger partial charge is 0.482 e. The van der Waals surface area contributed by atoms with Crippen LogP contribution in [0.1, 0.15) is 5.69 Å². The number of anilines is 1. The quantitative estimate of drug-likeness (QED) is 0.587. The van der Waals surface area contributed by atoms with E-state index in [2.05, 4.69) is 4.98 Å². The lowest BCUT2D eigenvalue weighted by atomic mass is 10.3. The van der Waals surface area contributed by atoms with Crippen LogP contribution in [0.3, 0.4) is 0 Å². The number of halogens is 2. The van der Waals surface area contributed by atoms with Gasteiger partial charge in [-0.05, 0) is 24.3 Å². The highest BCUT2D eigenvalue weighted by atomic mass is 35.5. The van der Waals surface area contributed by atoms with Crippen molar-refractivity contribution in [3.8, 4) is 23.5 Å². The fourth-order valence-electron chi connectivity index (χ4n) is 3.08. The summed E-state index contributed by atoms with van der Waals surface area (Å²) in [4.78, 5) is 20.3. The van der Waals surface area contributed by atoms with Gasteiger partial charge in [0.15, 0.2) is 12.4 Å². The average molecular weight is 447 g/mol. The van der Waals surface area contributed by atoms with Gasteiger partial charge in [-0.15, -0.1) is 0 Å². The minimum Gasteiger partial charge on any atom is -0.482 e. The van der Waals surface area contributed by atoms with Gasteiger partial charge in [0.2, 0.25) is 11.6 Å². The molecule has 0 N–H and O–H groups in total. The molecule has 0 spiro atoms. The van der Waals surface area contributed by atoms with Crippen LogP contribution in [-0.2, 0) is 4.79 Å². The molecule has 154 valence electrons. The number of hydrogen-bond acceptors (Lipinski definition) is 7. The normalized spacial score (nSPS) is 13.9. The van der Waals surface area contributed by atoms with Crippen molar-refractivity contribution in [2.45, 2.75) is 0 Å². The summed E-state index contributed by atoms with van der Waals surface area (Å²) in [5.74, 6) is 1.26. The summed E-state index contributed by atoms with van der Waals surface area (Å²) in [5.41, 5.74) is 0.181. The van der Waals surface area contributed by atoms with Crippen molar-refractivity contribution < 1.29 is 18.4 Å². The number of amides is 1. The number of ether oxygens (including phenoxy) is 1. The maximum atomic E-state index is 12.5. The van der Waals surface area contributed by atoms with Crippen LogP contribution in [0, 0.1) is 11.3 Å². The second-order valence-corrected chi connectivity index (χ2v) is 7.34. The van der Waals surface area contributed by atoms with Crippen LogP contribution < -0.4 is 9.64 Å². The van der Waals surface area contributed by atoms with Crippen molar-refractivity contribution in [3.63, 3.8) is 0 Å². The monoisotopic (exact) mass is 446 g/mol. The van der Waals surface area contributed by atoms with Crippen molar-refractivity contribution >= 4 is 35.0 Å². The van der Waals surface area contributed by atoms with E-state index in [1.807, 2.05) is 11.0 Å². The third-order valence-electron chi connectivity index (χ3n) is 4.61. The molecule has 30 heavy (non-hydrogen) atoms. The summed E-state index contributed by atoms with van der Waals surface area (Å²) in [6, 6.07) is 10.3. The van der Waals surface area contributed by atoms with E-state index in [0.29, 0.717) is 53.6 Å². The average Bonchev–Trinajstić information content (AvgIpc) is 3.44. The van der Waals surface area contributed by atoms with Gasteiger partial charge >= 0.3 is 0 Å². The van der Waals surface area contributed by atoms with Crippen LogP contribution in [0.25, 0.3) is 11.7 Å². The van der Waals surface area contributed by atoms with Gasteiger partial charge in [-0.25, -0.2) is 0 Å². The molecular weight excluding hydrogens is 431 g/mol. The van der Waals surface area contributed by atoms with Crippen molar-refractivity contribution in [1.29, 1.82) is 5.26 Å². The van der Waals surface area contributed by atoms with Crippen molar-refractivity contribution in [1.82, 2.24) is 9.88 Å². The number of carbonyl (C=O) groups is 1. The predicted octanol–water partition coefficient (Wildman–Crippen LogP) is 3.84. The number of benzene rings is 1. The SMILES string of the molecule is N#Cc1nc(-c2ccco2)oc1N1CCN(C(=O)COc2cc(Cl)ccc2Cl)CC1. The van der Waals surface area contributed by atoms with Gasteiger partial charge in [0.05, 0.1) is 11.3 Å². The first-order chi connectivity index (χ1) is 14.5. The Morgan fingerprint density at radius 3 is 2.73 bits per heavy atom. The summed E-state index contributed by atoms with van der Waals surface area (Å²) < 4.78 is 16.6. The predicted molar refractivity (Wildman–Crippen MR) is 110 cm³/mol. The molecule has 0 radical (unpaired) electrons. The van der Waals surface area contributed by atoms with E-state index in [1.54, 1.807) is 35.2 Å². The second-order valence-electron chi connectivity index (χ2n) is 6.49. The third kappa shape index (κ3) is 4.22. The molecule has 0 aliphatic carbocycles. The molecule has 3 aromatic rings. The maximum absolute atomic E-state index is 12.5. The molecule has 1 aromatic carbocycles. The standard InChI is InChI=1S/C20H16Cl2N4O4/c21-13-3-4-14(22)17(10-13)29-12-18(27)25-5-7-26(8-6-25)20-15(11-23)24-19(30-20)16-2-1-9-28-16/h1-4,9-10H,5-8,12H2. The van der Waals surface area contributed by atoms with Gasteiger partial charge in [0.25, 0.3) is 11.8 Å². The van der Waals surface area contributed by atoms with E-state index in [9.17, 15) is 10.1 Å². The first-order valence-electron chi connectivity index (χ1n) is 9.10. The molecule has 0 saturated carbocycles. The lowest BCUT2D eigenvalue weighted by molar-refractivity contribution is -0.133. The van der Waals surface area contributed by atoms with Crippen LogP contribution in [0.5, 0.6) is 5.75 Å². The van der Waals surface area contributed by atoms with Crippen LogP contribution in [0.2, 0.25) is 10.0 Å². The number of nitriles is 1. The van der Waals surface area contributed by atoms with Crippen LogP contribution in [-0.4, -0.2) is 48.6 Å². The van der Waals surface area contributed by atoms with Gasteiger partial charge < -0.3 is 23.4 Å². The number of rotatable bonds is 5. The number of nitrogens with zero attached hydrogens (tertiary/aromatic N) is 4. The zero-order valence-electron chi connectivity index (χ0n) is 15.7. The van der Waals surface area contributed by atoms with E-state index in [1.165, 1.54) is 6.26 Å². The molecule has 1 amide bonds. The summed E-state index contributed by atoms with van der Waals surface area (Å²) in [6.45, 7) is 1.74. The maximum Gasteiger partial charge on any atom is 0.266 e.